The van der Waals surface area contributed by atoms with Gasteiger partial charge in [0.25, 0.3) is 0 Å². The van der Waals surface area contributed by atoms with E-state index in [4.69, 9.17) is 26.2 Å². The molecule has 0 radical (unpaired) electrons. The first kappa shape index (κ1) is 22.5. The molecule has 4 N–H and O–H groups in total. The van der Waals surface area contributed by atoms with Gasteiger partial charge in [0.2, 0.25) is 5.95 Å². The zero-order valence-corrected chi connectivity index (χ0v) is 20.4. The van der Waals surface area contributed by atoms with Gasteiger partial charge in [-0.05, 0) is 62.8 Å². The highest BCUT2D eigenvalue weighted by Crippen LogP contribution is 2.36. The molecule has 6 rings (SSSR count). The Balaban J connectivity index is 1.39. The van der Waals surface area contributed by atoms with Gasteiger partial charge in [0, 0.05) is 42.6 Å². The van der Waals surface area contributed by atoms with E-state index in [1.54, 1.807) is 0 Å². The third-order valence-electron chi connectivity index (χ3n) is 7.98. The molecule has 1 aliphatic heterocycles. The second-order valence-electron chi connectivity index (χ2n) is 10.2. The van der Waals surface area contributed by atoms with Crippen molar-refractivity contribution in [3.8, 4) is 0 Å². The van der Waals surface area contributed by atoms with Gasteiger partial charge in [-0.1, -0.05) is 12.8 Å². The third-order valence-corrected chi connectivity index (χ3v) is 7.98. The Bertz CT molecular complexity index is 1140. The highest BCUT2D eigenvalue weighted by molar-refractivity contribution is 5.84. The van der Waals surface area contributed by atoms with Gasteiger partial charge in [-0.3, -0.25) is 0 Å². The summed E-state index contributed by atoms with van der Waals surface area (Å²) in [7, 11) is 0. The molecule has 3 aromatic rings. The number of nitrogens with two attached hydrogens (primary N) is 2. The van der Waals surface area contributed by atoms with Crippen molar-refractivity contribution in [1.29, 1.82) is 0 Å². The number of nitrogen functional groups attached to an aromatic ring is 1. The Morgan fingerprint density at radius 2 is 1.63 bits per heavy atom. The first-order valence-corrected chi connectivity index (χ1v) is 13.1. The van der Waals surface area contributed by atoms with Crippen LogP contribution in [0.5, 0.6) is 0 Å². The van der Waals surface area contributed by atoms with E-state index in [2.05, 4.69) is 43.6 Å². The first-order valence-electron chi connectivity index (χ1n) is 13.1. The van der Waals surface area contributed by atoms with E-state index in [1.807, 2.05) is 6.33 Å². The molecule has 35 heavy (non-hydrogen) atoms. The summed E-state index contributed by atoms with van der Waals surface area (Å²) in [5.74, 6) is 1.11. The highest BCUT2D eigenvalue weighted by atomic mass is 16.5. The molecule has 0 unspecified atom stereocenters. The van der Waals surface area contributed by atoms with Gasteiger partial charge in [0.1, 0.15) is 5.52 Å². The Labute approximate surface area is 206 Å². The minimum Gasteiger partial charge on any atom is -0.382 e. The van der Waals surface area contributed by atoms with Crippen molar-refractivity contribution in [1.82, 2.24) is 19.5 Å². The van der Waals surface area contributed by atoms with Crippen molar-refractivity contribution in [2.24, 2.45) is 5.73 Å². The molecule has 9 nitrogen and oxygen atoms in total. The predicted octanol–water partition coefficient (Wildman–Crippen LogP) is 3.77. The van der Waals surface area contributed by atoms with Crippen molar-refractivity contribution in [3.05, 3.63) is 30.6 Å². The number of imidazole rings is 1. The van der Waals surface area contributed by atoms with Crippen molar-refractivity contribution in [2.45, 2.75) is 69.5 Å². The average Bonchev–Trinajstić information content (AvgIpc) is 3.57. The maximum Gasteiger partial charge on any atom is 0.234 e. The highest BCUT2D eigenvalue weighted by Gasteiger charge is 2.29. The molecule has 2 saturated carbocycles. The second kappa shape index (κ2) is 9.62. The minimum absolute atomic E-state index is 0.272. The molecule has 0 amide bonds. The molecule has 0 spiro atoms. The largest absolute Gasteiger partial charge is 0.382 e. The van der Waals surface area contributed by atoms with Crippen LogP contribution >= 0.6 is 0 Å². The number of fused-ring (bicyclic) bond motifs is 1. The monoisotopic (exact) mass is 476 g/mol. The van der Waals surface area contributed by atoms with Crippen LogP contribution in [0.2, 0.25) is 0 Å². The van der Waals surface area contributed by atoms with Crippen LogP contribution in [-0.4, -0.2) is 57.9 Å². The molecule has 2 aromatic heterocycles. The number of rotatable bonds is 5. The van der Waals surface area contributed by atoms with Crippen LogP contribution in [0.15, 0.2) is 30.6 Å². The van der Waals surface area contributed by atoms with Crippen molar-refractivity contribution in [3.63, 3.8) is 0 Å². The number of morpholine rings is 1. The Morgan fingerprint density at radius 1 is 0.914 bits per heavy atom. The van der Waals surface area contributed by atoms with E-state index in [1.165, 1.54) is 18.5 Å². The summed E-state index contributed by atoms with van der Waals surface area (Å²) in [6, 6.07) is 9.78. The summed E-state index contributed by atoms with van der Waals surface area (Å²) in [4.78, 5) is 19.1. The molecular formula is C26H36N8O. The van der Waals surface area contributed by atoms with Crippen LogP contribution in [-0.2, 0) is 4.74 Å². The van der Waals surface area contributed by atoms with E-state index in [0.29, 0.717) is 23.3 Å². The lowest BCUT2D eigenvalue weighted by Gasteiger charge is -2.36. The molecular weight excluding hydrogens is 440 g/mol. The van der Waals surface area contributed by atoms with Crippen molar-refractivity contribution >= 4 is 34.3 Å². The maximum atomic E-state index is 6.47. The summed E-state index contributed by atoms with van der Waals surface area (Å²) in [5, 5.41) is 0. The van der Waals surface area contributed by atoms with Crippen molar-refractivity contribution in [2.75, 3.05) is 41.8 Å². The predicted molar refractivity (Wildman–Crippen MR) is 139 cm³/mol. The van der Waals surface area contributed by atoms with Gasteiger partial charge >= 0.3 is 0 Å². The van der Waals surface area contributed by atoms with Gasteiger partial charge in [0.15, 0.2) is 11.5 Å². The number of anilines is 4. The Morgan fingerprint density at radius 3 is 2.34 bits per heavy atom. The summed E-state index contributed by atoms with van der Waals surface area (Å²) in [6.45, 7) is 3.39. The fourth-order valence-electron chi connectivity index (χ4n) is 5.98. The lowest BCUT2D eigenvalue weighted by atomic mass is 9.90. The number of nitrogens with zero attached hydrogens (tertiary/aromatic N) is 6. The number of aromatic nitrogens is 4. The van der Waals surface area contributed by atoms with Crippen LogP contribution < -0.4 is 21.3 Å². The fraction of sp³-hybridized carbons (Fsp3) is 0.577. The second-order valence-corrected chi connectivity index (χ2v) is 10.2. The lowest BCUT2D eigenvalue weighted by molar-refractivity contribution is 0.122. The van der Waals surface area contributed by atoms with E-state index in [-0.39, 0.29) is 12.1 Å². The fourth-order valence-corrected chi connectivity index (χ4v) is 5.98. The Hall–Kier alpha value is -2.91. The van der Waals surface area contributed by atoms with E-state index in [0.717, 1.165) is 76.2 Å². The number of hydrogen-bond acceptors (Lipinski definition) is 8. The lowest BCUT2D eigenvalue weighted by Crippen LogP contribution is -2.39. The molecule has 1 aromatic carbocycles. The van der Waals surface area contributed by atoms with E-state index < -0.39 is 0 Å². The van der Waals surface area contributed by atoms with Gasteiger partial charge in [-0.15, -0.1) is 0 Å². The van der Waals surface area contributed by atoms with Gasteiger partial charge in [0.05, 0.1) is 19.5 Å². The molecule has 9 heteroatoms. The van der Waals surface area contributed by atoms with Gasteiger partial charge in [-0.25, -0.2) is 4.98 Å². The van der Waals surface area contributed by atoms with E-state index >= 15 is 0 Å². The van der Waals surface area contributed by atoms with Crippen LogP contribution in [0.1, 0.15) is 57.4 Å². The van der Waals surface area contributed by atoms with Crippen LogP contribution in [0.3, 0.4) is 0 Å². The van der Waals surface area contributed by atoms with Crippen molar-refractivity contribution < 1.29 is 4.74 Å². The quantitative estimate of drug-likeness (QED) is 0.572. The summed E-state index contributed by atoms with van der Waals surface area (Å²) >= 11 is 0. The molecule has 3 heterocycles. The minimum atomic E-state index is 0.272. The molecule has 186 valence electrons. The smallest absolute Gasteiger partial charge is 0.234 e. The summed E-state index contributed by atoms with van der Waals surface area (Å²) in [6.07, 6.45) is 10.8. The summed E-state index contributed by atoms with van der Waals surface area (Å²) < 4.78 is 7.74. The maximum absolute atomic E-state index is 6.47. The van der Waals surface area contributed by atoms with Crippen LogP contribution in [0.4, 0.5) is 23.1 Å². The molecule has 3 fully saturated rings. The molecule has 3 aliphatic rings. The van der Waals surface area contributed by atoms with Gasteiger partial charge in [-0.2, -0.15) is 9.97 Å². The zero-order valence-electron chi connectivity index (χ0n) is 20.4. The topological polar surface area (TPSA) is 111 Å². The summed E-state index contributed by atoms with van der Waals surface area (Å²) in [5.41, 5.74) is 16.6. The number of hydrogen-bond donors (Lipinski definition) is 2. The third kappa shape index (κ3) is 4.43. The van der Waals surface area contributed by atoms with Crippen LogP contribution in [0, 0.1) is 0 Å². The molecule has 0 atom stereocenters. The average molecular weight is 477 g/mol. The zero-order chi connectivity index (χ0) is 23.8. The number of ether oxygens (including phenoxy) is 1. The van der Waals surface area contributed by atoms with Gasteiger partial charge < -0.3 is 30.6 Å². The normalized spacial score (nSPS) is 23.7. The first-order chi connectivity index (χ1) is 17.2. The molecule has 2 aliphatic carbocycles. The molecule has 1 saturated heterocycles. The number of benzene rings is 1. The molecule has 0 bridgehead atoms. The Kier molecular flexibility index (Phi) is 6.20. The van der Waals surface area contributed by atoms with Crippen LogP contribution in [0.25, 0.3) is 11.2 Å². The SMILES string of the molecule is Nc1nc(N(c2ccc(N3CCOCC3)cc2)C2CCC(N)CC2)nc2c1ncn2C1CCCC1. The van der Waals surface area contributed by atoms with E-state index in [9.17, 15) is 0 Å². The standard InChI is InChI=1S/C26H36N8O/c27-18-5-7-21(8-6-18)34(22-11-9-19(10-12-22)32-13-15-35-16-14-32)26-30-24(28)23-25(31-26)33(17-29-23)20-3-1-2-4-20/h9-12,17-18,20-21H,1-8,13-16,27H2,(H2,28,30,31).